The van der Waals surface area contributed by atoms with E-state index in [9.17, 15) is 4.39 Å². The number of rotatable bonds is 4. The number of hydrogen-bond donors (Lipinski definition) is 1. The van der Waals surface area contributed by atoms with Crippen molar-refractivity contribution in [2.75, 3.05) is 6.54 Å². The summed E-state index contributed by atoms with van der Waals surface area (Å²) in [5, 5.41) is 12.5. The van der Waals surface area contributed by atoms with E-state index in [1.807, 2.05) is 0 Å². The standard InChI is InChI=1S/C12H12ClFN2/c13-11-5-9(14)3-4-10(11)12(6-15)16-7-8-1-2-8/h3-5,8,12,16H,1-2,7H2. The van der Waals surface area contributed by atoms with Crippen LogP contribution in [0.3, 0.4) is 0 Å². The van der Waals surface area contributed by atoms with E-state index in [2.05, 4.69) is 11.4 Å². The van der Waals surface area contributed by atoms with Crippen LogP contribution in [0.4, 0.5) is 4.39 Å². The molecule has 0 amide bonds. The van der Waals surface area contributed by atoms with Crippen LogP contribution in [0.5, 0.6) is 0 Å². The molecule has 0 heterocycles. The highest BCUT2D eigenvalue weighted by Crippen LogP contribution is 2.29. The van der Waals surface area contributed by atoms with Crippen LogP contribution in [0.1, 0.15) is 24.4 Å². The largest absolute Gasteiger partial charge is 0.298 e. The fourth-order valence-corrected chi connectivity index (χ4v) is 1.84. The molecule has 1 N–H and O–H groups in total. The summed E-state index contributed by atoms with van der Waals surface area (Å²) in [6.07, 6.45) is 2.45. The number of nitrogens with one attached hydrogen (secondary N) is 1. The molecule has 2 rings (SSSR count). The zero-order valence-corrected chi connectivity index (χ0v) is 9.47. The van der Waals surface area contributed by atoms with Gasteiger partial charge in [-0.2, -0.15) is 5.26 Å². The van der Waals surface area contributed by atoms with Gasteiger partial charge in [-0.1, -0.05) is 17.7 Å². The van der Waals surface area contributed by atoms with Crippen molar-refractivity contribution in [1.82, 2.24) is 5.32 Å². The minimum atomic E-state index is -0.450. The van der Waals surface area contributed by atoms with Gasteiger partial charge in [0.2, 0.25) is 0 Å². The summed E-state index contributed by atoms with van der Waals surface area (Å²) in [7, 11) is 0. The first-order valence-electron chi connectivity index (χ1n) is 5.28. The Morgan fingerprint density at radius 2 is 2.31 bits per heavy atom. The molecule has 16 heavy (non-hydrogen) atoms. The van der Waals surface area contributed by atoms with E-state index < -0.39 is 6.04 Å². The van der Waals surface area contributed by atoms with Crippen LogP contribution in [-0.4, -0.2) is 6.54 Å². The van der Waals surface area contributed by atoms with Crippen LogP contribution in [0.2, 0.25) is 5.02 Å². The smallest absolute Gasteiger partial charge is 0.124 e. The summed E-state index contributed by atoms with van der Waals surface area (Å²) in [6.45, 7) is 0.825. The van der Waals surface area contributed by atoms with E-state index >= 15 is 0 Å². The van der Waals surface area contributed by atoms with Crippen LogP contribution in [0.25, 0.3) is 0 Å². The van der Waals surface area contributed by atoms with Crippen molar-refractivity contribution in [2.24, 2.45) is 5.92 Å². The second-order valence-electron chi connectivity index (χ2n) is 4.08. The molecule has 1 saturated carbocycles. The maximum atomic E-state index is 12.9. The number of benzene rings is 1. The number of hydrogen-bond acceptors (Lipinski definition) is 2. The Morgan fingerprint density at radius 3 is 2.88 bits per heavy atom. The van der Waals surface area contributed by atoms with Gasteiger partial charge in [-0.25, -0.2) is 4.39 Å². The van der Waals surface area contributed by atoms with E-state index in [0.29, 0.717) is 16.5 Å². The Balaban J connectivity index is 2.09. The van der Waals surface area contributed by atoms with Gasteiger partial charge in [-0.15, -0.1) is 0 Å². The SMILES string of the molecule is N#CC(NCC1CC1)c1ccc(F)cc1Cl. The molecule has 0 saturated heterocycles. The number of nitrogens with zero attached hydrogens (tertiary/aromatic N) is 1. The molecular weight excluding hydrogens is 227 g/mol. The molecule has 0 aromatic heterocycles. The van der Waals surface area contributed by atoms with E-state index in [-0.39, 0.29) is 5.82 Å². The summed E-state index contributed by atoms with van der Waals surface area (Å²) >= 11 is 5.90. The lowest BCUT2D eigenvalue weighted by Crippen LogP contribution is -2.22. The minimum Gasteiger partial charge on any atom is -0.298 e. The highest BCUT2D eigenvalue weighted by atomic mass is 35.5. The van der Waals surface area contributed by atoms with Crippen molar-refractivity contribution in [3.05, 3.63) is 34.6 Å². The van der Waals surface area contributed by atoms with E-state index in [1.165, 1.54) is 25.0 Å². The normalized spacial score (nSPS) is 16.8. The predicted octanol–water partition coefficient (Wildman–Crippen LogP) is 3.04. The van der Waals surface area contributed by atoms with Crippen LogP contribution < -0.4 is 5.32 Å². The monoisotopic (exact) mass is 238 g/mol. The van der Waals surface area contributed by atoms with E-state index in [0.717, 1.165) is 6.54 Å². The molecule has 0 bridgehead atoms. The molecule has 0 radical (unpaired) electrons. The summed E-state index contributed by atoms with van der Waals surface area (Å²) in [4.78, 5) is 0. The Morgan fingerprint density at radius 1 is 1.56 bits per heavy atom. The molecule has 1 fully saturated rings. The molecule has 1 aliphatic rings. The Hall–Kier alpha value is -1.11. The molecule has 1 aliphatic carbocycles. The first-order valence-corrected chi connectivity index (χ1v) is 5.66. The zero-order chi connectivity index (χ0) is 11.5. The summed E-state index contributed by atoms with van der Waals surface area (Å²) < 4.78 is 12.9. The van der Waals surface area contributed by atoms with Gasteiger partial charge >= 0.3 is 0 Å². The minimum absolute atomic E-state index is 0.301. The number of nitriles is 1. The van der Waals surface area contributed by atoms with Crippen molar-refractivity contribution < 1.29 is 4.39 Å². The molecule has 84 valence electrons. The number of halogens is 2. The fraction of sp³-hybridized carbons (Fsp3) is 0.417. The maximum absolute atomic E-state index is 12.9. The molecule has 1 unspecified atom stereocenters. The molecule has 1 atom stereocenters. The summed E-state index contributed by atoms with van der Waals surface area (Å²) in [5.41, 5.74) is 0.645. The van der Waals surface area contributed by atoms with Crippen LogP contribution in [0, 0.1) is 23.1 Å². The lowest BCUT2D eigenvalue weighted by Gasteiger charge is -2.12. The van der Waals surface area contributed by atoms with Gasteiger partial charge in [0.15, 0.2) is 0 Å². The van der Waals surface area contributed by atoms with Gasteiger partial charge in [0, 0.05) is 10.6 Å². The van der Waals surface area contributed by atoms with Crippen LogP contribution >= 0.6 is 11.6 Å². The highest BCUT2D eigenvalue weighted by Gasteiger charge is 2.23. The molecular formula is C12H12ClFN2. The average molecular weight is 239 g/mol. The third-order valence-corrected chi connectivity index (χ3v) is 3.04. The second kappa shape index (κ2) is 4.82. The van der Waals surface area contributed by atoms with Crippen LogP contribution in [-0.2, 0) is 0 Å². The topological polar surface area (TPSA) is 35.8 Å². The fourth-order valence-electron chi connectivity index (χ4n) is 1.57. The highest BCUT2D eigenvalue weighted by molar-refractivity contribution is 6.31. The van der Waals surface area contributed by atoms with Gasteiger partial charge < -0.3 is 0 Å². The molecule has 0 aliphatic heterocycles. The third kappa shape index (κ3) is 2.72. The Bertz CT molecular complexity index is 424. The quantitative estimate of drug-likeness (QED) is 0.875. The summed E-state index contributed by atoms with van der Waals surface area (Å²) in [6, 6.07) is 5.81. The van der Waals surface area contributed by atoms with E-state index in [1.54, 1.807) is 6.07 Å². The molecule has 0 spiro atoms. The van der Waals surface area contributed by atoms with Crippen molar-refractivity contribution in [3.8, 4) is 6.07 Å². The first kappa shape index (κ1) is 11.4. The van der Waals surface area contributed by atoms with Crippen molar-refractivity contribution in [3.63, 3.8) is 0 Å². The Labute approximate surface area is 99.0 Å². The van der Waals surface area contributed by atoms with Crippen molar-refractivity contribution >= 4 is 11.6 Å². The first-order chi connectivity index (χ1) is 7.70. The lowest BCUT2D eigenvalue weighted by molar-refractivity contribution is 0.589. The zero-order valence-electron chi connectivity index (χ0n) is 8.71. The molecule has 4 heteroatoms. The molecule has 2 nitrogen and oxygen atoms in total. The second-order valence-corrected chi connectivity index (χ2v) is 4.49. The van der Waals surface area contributed by atoms with Crippen molar-refractivity contribution in [1.29, 1.82) is 5.26 Å². The summed E-state index contributed by atoms with van der Waals surface area (Å²) in [5.74, 6) is 0.308. The molecule has 1 aromatic rings. The lowest BCUT2D eigenvalue weighted by atomic mass is 10.1. The maximum Gasteiger partial charge on any atom is 0.124 e. The van der Waals surface area contributed by atoms with E-state index in [4.69, 9.17) is 16.9 Å². The van der Waals surface area contributed by atoms with Gasteiger partial charge in [-0.05, 0) is 37.4 Å². The average Bonchev–Trinajstić information content (AvgIpc) is 3.05. The van der Waals surface area contributed by atoms with Gasteiger partial charge in [-0.3, -0.25) is 5.32 Å². The van der Waals surface area contributed by atoms with Gasteiger partial charge in [0.05, 0.1) is 6.07 Å². The van der Waals surface area contributed by atoms with Crippen molar-refractivity contribution in [2.45, 2.75) is 18.9 Å². The van der Waals surface area contributed by atoms with Crippen LogP contribution in [0.15, 0.2) is 18.2 Å². The van der Waals surface area contributed by atoms with Gasteiger partial charge in [0.25, 0.3) is 0 Å². The Kier molecular flexibility index (Phi) is 3.42. The van der Waals surface area contributed by atoms with Gasteiger partial charge in [0.1, 0.15) is 11.9 Å². The molecule has 1 aromatic carbocycles. The third-order valence-electron chi connectivity index (χ3n) is 2.71. The predicted molar refractivity (Wildman–Crippen MR) is 60.5 cm³/mol.